The molecule has 1 fully saturated rings. The zero-order chi connectivity index (χ0) is 14.6. The lowest BCUT2D eigenvalue weighted by molar-refractivity contribution is 0.362. The van der Waals surface area contributed by atoms with Gasteiger partial charge in [0.05, 0.1) is 19.9 Å². The Hall–Kier alpha value is -1.51. The molecule has 0 spiro atoms. The summed E-state index contributed by atoms with van der Waals surface area (Å²) in [5, 5.41) is 3.11. The van der Waals surface area contributed by atoms with Crippen molar-refractivity contribution in [2.24, 2.45) is 0 Å². The molecule has 8 heteroatoms. The molecule has 1 aliphatic rings. The fourth-order valence-corrected chi connectivity index (χ4v) is 3.21. The Morgan fingerprint density at radius 1 is 1.20 bits per heavy atom. The second-order valence-electron chi connectivity index (χ2n) is 4.32. The maximum absolute atomic E-state index is 12.3. The van der Waals surface area contributed by atoms with Crippen molar-refractivity contribution < 1.29 is 17.9 Å². The Morgan fingerprint density at radius 2 is 1.90 bits per heavy atom. The highest BCUT2D eigenvalue weighted by molar-refractivity contribution is 7.90. The summed E-state index contributed by atoms with van der Waals surface area (Å²) in [5.41, 5.74) is 0.366. The second kappa shape index (κ2) is 6.29. The molecule has 0 radical (unpaired) electrons. The van der Waals surface area contributed by atoms with Crippen LogP contribution >= 0.6 is 0 Å². The van der Waals surface area contributed by atoms with Gasteiger partial charge in [-0.2, -0.15) is 12.7 Å². The van der Waals surface area contributed by atoms with Gasteiger partial charge in [0.15, 0.2) is 0 Å². The lowest BCUT2D eigenvalue weighted by atomic mass is 10.3. The average Bonchev–Trinajstić information content (AvgIpc) is 2.47. The smallest absolute Gasteiger partial charge is 0.301 e. The maximum Gasteiger partial charge on any atom is 0.301 e. The van der Waals surface area contributed by atoms with Gasteiger partial charge in [0.1, 0.15) is 11.5 Å². The molecule has 1 aliphatic heterocycles. The quantitative estimate of drug-likeness (QED) is 0.816. The normalized spacial score (nSPS) is 16.7. The highest BCUT2D eigenvalue weighted by Gasteiger charge is 2.24. The molecule has 1 saturated heterocycles. The van der Waals surface area contributed by atoms with E-state index in [9.17, 15) is 8.42 Å². The van der Waals surface area contributed by atoms with Crippen LogP contribution in [0.3, 0.4) is 0 Å². The van der Waals surface area contributed by atoms with Crippen molar-refractivity contribution in [3.8, 4) is 11.5 Å². The minimum absolute atomic E-state index is 0.366. The Labute approximate surface area is 119 Å². The number of hydrogen-bond donors (Lipinski definition) is 2. The fourth-order valence-electron chi connectivity index (χ4n) is 1.98. The van der Waals surface area contributed by atoms with Crippen LogP contribution in [0.5, 0.6) is 11.5 Å². The third-order valence-corrected chi connectivity index (χ3v) is 4.58. The summed E-state index contributed by atoms with van der Waals surface area (Å²) in [7, 11) is -0.571. The van der Waals surface area contributed by atoms with Crippen molar-refractivity contribution in [2.75, 3.05) is 45.1 Å². The van der Waals surface area contributed by atoms with Crippen molar-refractivity contribution in [3.05, 3.63) is 18.2 Å². The van der Waals surface area contributed by atoms with Gasteiger partial charge in [-0.3, -0.25) is 4.72 Å². The van der Waals surface area contributed by atoms with E-state index in [2.05, 4.69) is 10.0 Å². The molecule has 20 heavy (non-hydrogen) atoms. The summed E-state index contributed by atoms with van der Waals surface area (Å²) in [6, 6.07) is 4.97. The molecule has 1 aromatic carbocycles. The third kappa shape index (κ3) is 3.33. The van der Waals surface area contributed by atoms with E-state index < -0.39 is 10.2 Å². The first kappa shape index (κ1) is 14.9. The molecular weight excluding hydrogens is 282 g/mol. The molecule has 0 aliphatic carbocycles. The molecule has 7 nitrogen and oxygen atoms in total. The summed E-state index contributed by atoms with van der Waals surface area (Å²) in [4.78, 5) is 0. The number of rotatable bonds is 5. The van der Waals surface area contributed by atoms with Crippen molar-refractivity contribution in [1.29, 1.82) is 0 Å². The number of hydrogen-bond acceptors (Lipinski definition) is 5. The largest absolute Gasteiger partial charge is 0.497 e. The minimum atomic E-state index is -3.59. The number of benzene rings is 1. The molecule has 0 saturated carbocycles. The minimum Gasteiger partial charge on any atom is -0.497 e. The topological polar surface area (TPSA) is 79.9 Å². The molecule has 2 rings (SSSR count). The van der Waals surface area contributed by atoms with Crippen LogP contribution in [-0.2, 0) is 10.2 Å². The van der Waals surface area contributed by atoms with Crippen molar-refractivity contribution in [1.82, 2.24) is 9.62 Å². The predicted molar refractivity (Wildman–Crippen MR) is 76.5 cm³/mol. The molecule has 0 atom stereocenters. The number of nitrogens with zero attached hydrogens (tertiary/aromatic N) is 1. The number of ether oxygens (including phenoxy) is 2. The van der Waals surface area contributed by atoms with E-state index in [1.807, 2.05) is 0 Å². The molecule has 1 heterocycles. The number of anilines is 1. The first-order valence-electron chi connectivity index (χ1n) is 6.27. The van der Waals surface area contributed by atoms with Gasteiger partial charge in [-0.15, -0.1) is 0 Å². The molecular formula is C12H19N3O4S. The van der Waals surface area contributed by atoms with Crippen LogP contribution in [0, 0.1) is 0 Å². The van der Waals surface area contributed by atoms with Crippen LogP contribution in [0.1, 0.15) is 0 Å². The van der Waals surface area contributed by atoms with Gasteiger partial charge in [0.2, 0.25) is 0 Å². The molecule has 112 valence electrons. The average molecular weight is 301 g/mol. The van der Waals surface area contributed by atoms with Crippen molar-refractivity contribution >= 4 is 15.9 Å². The Balaban J connectivity index is 2.23. The van der Waals surface area contributed by atoms with Gasteiger partial charge in [-0.25, -0.2) is 0 Å². The van der Waals surface area contributed by atoms with E-state index in [-0.39, 0.29) is 0 Å². The first-order chi connectivity index (χ1) is 9.56. The molecule has 2 N–H and O–H groups in total. The van der Waals surface area contributed by atoms with Crippen molar-refractivity contribution in [3.63, 3.8) is 0 Å². The van der Waals surface area contributed by atoms with Gasteiger partial charge in [-0.1, -0.05) is 0 Å². The number of piperazine rings is 1. The second-order valence-corrected chi connectivity index (χ2v) is 5.99. The van der Waals surface area contributed by atoms with Gasteiger partial charge in [-0.05, 0) is 12.1 Å². The van der Waals surface area contributed by atoms with Crippen LogP contribution < -0.4 is 19.5 Å². The van der Waals surface area contributed by atoms with Crippen LogP contribution in [0.15, 0.2) is 18.2 Å². The predicted octanol–water partition coefficient (Wildman–Crippen LogP) is 0.266. The number of nitrogens with one attached hydrogen (secondary N) is 2. The first-order valence-corrected chi connectivity index (χ1v) is 7.71. The van der Waals surface area contributed by atoms with E-state index in [0.29, 0.717) is 43.4 Å². The Bertz CT molecular complexity index is 556. The van der Waals surface area contributed by atoms with E-state index in [4.69, 9.17) is 9.47 Å². The molecule has 0 bridgehead atoms. The van der Waals surface area contributed by atoms with E-state index in [0.717, 1.165) is 0 Å². The lowest BCUT2D eigenvalue weighted by Crippen LogP contribution is -2.48. The standard InChI is InChI=1S/C12H19N3O4S/c1-18-10-3-4-12(19-2)11(9-10)14-20(16,17)15-7-5-13-6-8-15/h3-4,9,13-14H,5-8H2,1-2H3. The molecule has 0 unspecified atom stereocenters. The third-order valence-electron chi connectivity index (χ3n) is 3.06. The molecule has 1 aromatic rings. The Morgan fingerprint density at radius 3 is 2.50 bits per heavy atom. The van der Waals surface area contributed by atoms with Gasteiger partial charge >= 0.3 is 10.2 Å². The van der Waals surface area contributed by atoms with Gasteiger partial charge < -0.3 is 14.8 Å². The van der Waals surface area contributed by atoms with Crippen LogP contribution in [0.2, 0.25) is 0 Å². The van der Waals surface area contributed by atoms with E-state index >= 15 is 0 Å². The maximum atomic E-state index is 12.3. The highest BCUT2D eigenvalue weighted by Crippen LogP contribution is 2.30. The molecule has 0 amide bonds. The van der Waals surface area contributed by atoms with Gasteiger partial charge in [0, 0.05) is 32.2 Å². The summed E-state index contributed by atoms with van der Waals surface area (Å²) in [6.45, 7) is 2.19. The zero-order valence-electron chi connectivity index (χ0n) is 11.5. The zero-order valence-corrected chi connectivity index (χ0v) is 12.4. The van der Waals surface area contributed by atoms with E-state index in [1.54, 1.807) is 18.2 Å². The SMILES string of the molecule is COc1ccc(OC)c(NS(=O)(=O)N2CCNCC2)c1. The van der Waals surface area contributed by atoms with E-state index in [1.165, 1.54) is 18.5 Å². The number of methoxy groups -OCH3 is 2. The monoisotopic (exact) mass is 301 g/mol. The van der Waals surface area contributed by atoms with Gasteiger partial charge in [0.25, 0.3) is 0 Å². The summed E-state index contributed by atoms with van der Waals surface area (Å²) in [6.07, 6.45) is 0. The fraction of sp³-hybridized carbons (Fsp3) is 0.500. The summed E-state index contributed by atoms with van der Waals surface area (Å²) >= 11 is 0. The summed E-state index contributed by atoms with van der Waals surface area (Å²) in [5.74, 6) is 1.01. The van der Waals surface area contributed by atoms with Crippen LogP contribution in [0.25, 0.3) is 0 Å². The van der Waals surface area contributed by atoms with Crippen LogP contribution in [0.4, 0.5) is 5.69 Å². The van der Waals surface area contributed by atoms with Crippen molar-refractivity contribution in [2.45, 2.75) is 0 Å². The highest BCUT2D eigenvalue weighted by atomic mass is 32.2. The van der Waals surface area contributed by atoms with Crippen LogP contribution in [-0.4, -0.2) is 53.1 Å². The molecule has 0 aromatic heterocycles. The lowest BCUT2D eigenvalue weighted by Gasteiger charge is -2.27. The summed E-state index contributed by atoms with van der Waals surface area (Å²) < 4.78 is 38.8. The Kier molecular flexibility index (Phi) is 4.69.